The Morgan fingerprint density at radius 3 is 2.73 bits per heavy atom. The molecule has 0 saturated heterocycles. The molecule has 0 fully saturated rings. The van der Waals surface area contributed by atoms with E-state index in [0.717, 1.165) is 6.08 Å². The highest BCUT2D eigenvalue weighted by molar-refractivity contribution is 5.99. The van der Waals surface area contributed by atoms with Crippen molar-refractivity contribution in [2.24, 2.45) is 0 Å². The van der Waals surface area contributed by atoms with E-state index in [0.29, 0.717) is 0 Å². The highest BCUT2D eigenvalue weighted by Crippen LogP contribution is 1.93. The normalized spacial score (nSPS) is 8.09. The molecule has 11 heavy (non-hydrogen) atoms. The van der Waals surface area contributed by atoms with Crippen LogP contribution in [-0.4, -0.2) is 25.8 Å². The van der Waals surface area contributed by atoms with Crippen LogP contribution in [0.2, 0.25) is 0 Å². The molecular weight excluding hydrogens is 148 g/mol. The molecule has 0 N–H and O–H groups in total. The number of carbonyl (C=O) groups is 1. The summed E-state index contributed by atoms with van der Waals surface area (Å²) in [6.45, 7) is 3.04. The second-order valence-corrected chi connectivity index (χ2v) is 1.56. The molecule has 0 aromatic carbocycles. The summed E-state index contributed by atoms with van der Waals surface area (Å²) in [6, 6.07) is 0. The van der Waals surface area contributed by atoms with Crippen molar-refractivity contribution < 1.29 is 19.1 Å². The van der Waals surface area contributed by atoms with Crippen molar-refractivity contribution in [3.05, 3.63) is 18.2 Å². The fourth-order valence-electron chi connectivity index (χ4n) is 0.357. The van der Waals surface area contributed by atoms with Gasteiger partial charge in [0.05, 0.1) is 0 Å². The molecule has 0 amide bonds. The van der Waals surface area contributed by atoms with Crippen LogP contribution < -0.4 is 0 Å². The van der Waals surface area contributed by atoms with Crippen LogP contribution in [0.4, 0.5) is 0 Å². The highest BCUT2D eigenvalue weighted by atomic mass is 16.7. The zero-order valence-corrected chi connectivity index (χ0v) is 6.12. The maximum absolute atomic E-state index is 10.7. The minimum absolute atomic E-state index is 0.183. The van der Waals surface area contributed by atoms with Gasteiger partial charge in [0, 0.05) is 7.11 Å². The van der Waals surface area contributed by atoms with Gasteiger partial charge in [-0.05, 0) is 6.08 Å². The lowest BCUT2D eigenvalue weighted by Crippen LogP contribution is -2.08. The number of esters is 1. The van der Waals surface area contributed by atoms with Crippen LogP contribution in [0.1, 0.15) is 0 Å². The molecule has 0 aliphatic carbocycles. The second kappa shape index (κ2) is 5.41. The molecule has 0 atom stereocenters. The van der Waals surface area contributed by atoms with Crippen molar-refractivity contribution in [2.45, 2.75) is 0 Å². The van der Waals surface area contributed by atoms with Crippen LogP contribution in [-0.2, 0) is 19.1 Å². The van der Waals surface area contributed by atoms with E-state index in [2.05, 4.69) is 16.1 Å². The number of ether oxygens (including phenoxy) is 2. The van der Waals surface area contributed by atoms with Crippen molar-refractivity contribution in [1.82, 2.24) is 0 Å². The van der Waals surface area contributed by atoms with E-state index in [1.807, 2.05) is 0 Å². The summed E-state index contributed by atoms with van der Waals surface area (Å²) >= 11 is 0. The Balaban J connectivity index is 4.02. The van der Waals surface area contributed by atoms with Crippen LogP contribution in [0.3, 0.4) is 0 Å². The first kappa shape index (κ1) is 9.62. The molecule has 0 unspecified atom stereocenters. The third-order valence-electron chi connectivity index (χ3n) is 0.842. The van der Waals surface area contributed by atoms with Crippen molar-refractivity contribution in [3.63, 3.8) is 0 Å². The van der Waals surface area contributed by atoms with Crippen LogP contribution in [0.15, 0.2) is 18.2 Å². The lowest BCUT2D eigenvalue weighted by Gasteiger charge is -1.99. The molecular formula is C7H8O4. The third-order valence-corrected chi connectivity index (χ3v) is 0.842. The van der Waals surface area contributed by atoms with Gasteiger partial charge in [-0.15, -0.1) is 0 Å². The fraction of sp³-hybridized carbons (Fsp3) is 0.286. The summed E-state index contributed by atoms with van der Waals surface area (Å²) in [4.78, 5) is 20.7. The van der Waals surface area contributed by atoms with Gasteiger partial charge in [0.2, 0.25) is 0 Å². The molecule has 0 aromatic heterocycles. The van der Waals surface area contributed by atoms with E-state index in [-0.39, 0.29) is 12.4 Å². The third kappa shape index (κ3) is 3.35. The minimum Gasteiger partial charge on any atom is -0.434 e. The Labute approximate surface area is 64.1 Å². The summed E-state index contributed by atoms with van der Waals surface area (Å²) in [7, 11) is 1.37. The zero-order chi connectivity index (χ0) is 8.69. The number of rotatable bonds is 4. The quantitative estimate of drug-likeness (QED) is 0.190. The SMILES string of the molecule is C=CC(=C=O)C(=O)OCOC. The van der Waals surface area contributed by atoms with E-state index in [4.69, 9.17) is 0 Å². The van der Waals surface area contributed by atoms with E-state index < -0.39 is 5.97 Å². The summed E-state index contributed by atoms with van der Waals surface area (Å²) in [6.07, 6.45) is 1.07. The summed E-state index contributed by atoms with van der Waals surface area (Å²) in [5, 5.41) is 0. The van der Waals surface area contributed by atoms with Gasteiger partial charge in [0.25, 0.3) is 0 Å². The molecule has 0 saturated carbocycles. The lowest BCUT2D eigenvalue weighted by molar-refractivity contribution is -0.148. The van der Waals surface area contributed by atoms with Crippen molar-refractivity contribution in [3.8, 4) is 0 Å². The first-order chi connectivity index (χ1) is 5.26. The largest absolute Gasteiger partial charge is 0.434 e. The average Bonchev–Trinajstić information content (AvgIpc) is 2.03. The van der Waals surface area contributed by atoms with Crippen LogP contribution in [0.5, 0.6) is 0 Å². The van der Waals surface area contributed by atoms with Gasteiger partial charge in [0.1, 0.15) is 11.5 Å². The molecule has 0 bridgehead atoms. The van der Waals surface area contributed by atoms with Crippen molar-refractivity contribution in [1.29, 1.82) is 0 Å². The average molecular weight is 156 g/mol. The number of methoxy groups -OCH3 is 1. The van der Waals surface area contributed by atoms with E-state index >= 15 is 0 Å². The number of carbonyl (C=O) groups excluding carboxylic acids is 2. The lowest BCUT2D eigenvalue weighted by atomic mass is 10.3. The topological polar surface area (TPSA) is 52.6 Å². The van der Waals surface area contributed by atoms with Crippen LogP contribution >= 0.6 is 0 Å². The molecule has 0 rings (SSSR count). The van der Waals surface area contributed by atoms with Gasteiger partial charge >= 0.3 is 5.97 Å². The maximum atomic E-state index is 10.7. The number of hydrogen-bond donors (Lipinski definition) is 0. The van der Waals surface area contributed by atoms with Gasteiger partial charge in [0.15, 0.2) is 6.79 Å². The Bertz CT molecular complexity index is 200. The molecule has 4 nitrogen and oxygen atoms in total. The first-order valence-corrected chi connectivity index (χ1v) is 2.79. The molecule has 0 heterocycles. The summed E-state index contributed by atoms with van der Waals surface area (Å²) < 4.78 is 8.83. The first-order valence-electron chi connectivity index (χ1n) is 2.79. The Morgan fingerprint density at radius 2 is 2.36 bits per heavy atom. The zero-order valence-electron chi connectivity index (χ0n) is 6.12. The Hall–Kier alpha value is -1.38. The van der Waals surface area contributed by atoms with Crippen LogP contribution in [0, 0.1) is 0 Å². The van der Waals surface area contributed by atoms with Crippen LogP contribution in [0.25, 0.3) is 0 Å². The molecule has 60 valence electrons. The predicted octanol–water partition coefficient (Wildman–Crippen LogP) is 0.0775. The Kier molecular flexibility index (Phi) is 4.73. The molecule has 4 heteroatoms. The smallest absolute Gasteiger partial charge is 0.351 e. The van der Waals surface area contributed by atoms with Crippen molar-refractivity contribution >= 4 is 11.9 Å². The Morgan fingerprint density at radius 1 is 1.73 bits per heavy atom. The molecule has 0 aromatic rings. The standard InChI is InChI=1S/C7H8O4/c1-3-6(4-8)7(9)11-5-10-2/h3H,1,5H2,2H3. The summed E-state index contributed by atoms with van der Waals surface area (Å²) in [5.41, 5.74) is -0.234. The monoisotopic (exact) mass is 156 g/mol. The van der Waals surface area contributed by atoms with Gasteiger partial charge in [-0.1, -0.05) is 6.58 Å². The molecule has 0 spiro atoms. The van der Waals surface area contributed by atoms with Gasteiger partial charge in [-0.2, -0.15) is 0 Å². The number of hydrogen-bond acceptors (Lipinski definition) is 4. The predicted molar refractivity (Wildman–Crippen MR) is 37.4 cm³/mol. The van der Waals surface area contributed by atoms with E-state index in [1.165, 1.54) is 13.1 Å². The highest BCUT2D eigenvalue weighted by Gasteiger charge is 2.06. The van der Waals surface area contributed by atoms with Crippen molar-refractivity contribution in [2.75, 3.05) is 13.9 Å². The van der Waals surface area contributed by atoms with Gasteiger partial charge in [-0.3, -0.25) is 0 Å². The second-order valence-electron chi connectivity index (χ2n) is 1.56. The van der Waals surface area contributed by atoms with E-state index in [1.54, 1.807) is 0 Å². The molecule has 0 aliphatic rings. The minimum atomic E-state index is -0.781. The molecule has 0 aliphatic heterocycles. The summed E-state index contributed by atoms with van der Waals surface area (Å²) in [5.74, 6) is 0.598. The fourth-order valence-corrected chi connectivity index (χ4v) is 0.357. The maximum Gasteiger partial charge on any atom is 0.351 e. The van der Waals surface area contributed by atoms with Gasteiger partial charge < -0.3 is 9.47 Å². The van der Waals surface area contributed by atoms with Gasteiger partial charge in [-0.25, -0.2) is 9.59 Å². The molecule has 0 radical (unpaired) electrons. The van der Waals surface area contributed by atoms with E-state index in [9.17, 15) is 9.59 Å².